The number of nitrogens with one attached hydrogen (secondary N) is 2. The molecule has 3 aliphatic heterocycles. The van der Waals surface area contributed by atoms with Crippen LogP contribution in [0, 0.1) is 17.8 Å². The fraction of sp³-hybridized carbons (Fsp3) is 0.864. The molecule has 170 valence electrons. The van der Waals surface area contributed by atoms with Crippen molar-refractivity contribution < 1.29 is 19.5 Å². The molecule has 3 saturated heterocycles. The van der Waals surface area contributed by atoms with Crippen molar-refractivity contribution in [1.29, 1.82) is 0 Å². The number of thioether (sulfide) groups is 1. The van der Waals surface area contributed by atoms with Gasteiger partial charge in [0.2, 0.25) is 17.7 Å². The van der Waals surface area contributed by atoms with Gasteiger partial charge in [-0.15, -0.1) is 11.8 Å². The van der Waals surface area contributed by atoms with Crippen LogP contribution in [0.2, 0.25) is 0 Å². The zero-order valence-electron chi connectivity index (χ0n) is 18.9. The molecule has 0 saturated carbocycles. The summed E-state index contributed by atoms with van der Waals surface area (Å²) in [5.41, 5.74) is 0. The average molecular weight is 440 g/mol. The Morgan fingerprint density at radius 1 is 1.27 bits per heavy atom. The van der Waals surface area contributed by atoms with Crippen molar-refractivity contribution in [2.24, 2.45) is 17.8 Å². The van der Waals surface area contributed by atoms with Gasteiger partial charge in [-0.3, -0.25) is 14.4 Å². The Labute approximate surface area is 184 Å². The maximum absolute atomic E-state index is 13.8. The molecule has 0 radical (unpaired) electrons. The number of rotatable bonds is 9. The quantitative estimate of drug-likeness (QED) is 0.473. The van der Waals surface area contributed by atoms with E-state index >= 15 is 0 Å². The zero-order valence-corrected chi connectivity index (χ0v) is 19.7. The standard InChI is InChI=1S/C22H37N3O4S/c1-6-7-8-11-24-19(28)17-22-10-9-21(4,30-22)15(18(27)23-5)16(22)20(29)25(17)14(12-26)13(2)3/h13-17,26H,6-12H2,1-5H3,(H,23,27)(H,24,28)/t14-,15-,16-,17?,21+,22?/m0/s1. The van der Waals surface area contributed by atoms with Gasteiger partial charge in [0.1, 0.15) is 6.04 Å². The summed E-state index contributed by atoms with van der Waals surface area (Å²) in [7, 11) is 1.61. The Morgan fingerprint density at radius 3 is 2.53 bits per heavy atom. The van der Waals surface area contributed by atoms with E-state index < -0.39 is 28.7 Å². The third-order valence-corrected chi connectivity index (χ3v) is 9.37. The molecule has 0 aromatic carbocycles. The molecule has 0 aromatic rings. The lowest BCUT2D eigenvalue weighted by atomic mass is 9.66. The van der Waals surface area contributed by atoms with Gasteiger partial charge in [0.15, 0.2) is 0 Å². The van der Waals surface area contributed by atoms with Crippen molar-refractivity contribution in [2.75, 3.05) is 20.2 Å². The van der Waals surface area contributed by atoms with Crippen molar-refractivity contribution in [3.63, 3.8) is 0 Å². The third-order valence-electron chi connectivity index (χ3n) is 7.39. The summed E-state index contributed by atoms with van der Waals surface area (Å²) in [4.78, 5) is 41.8. The van der Waals surface area contributed by atoms with Gasteiger partial charge in [-0.25, -0.2) is 0 Å². The molecule has 3 heterocycles. The van der Waals surface area contributed by atoms with Crippen molar-refractivity contribution in [3.8, 4) is 0 Å². The van der Waals surface area contributed by atoms with Crippen LogP contribution in [0.25, 0.3) is 0 Å². The molecular weight excluding hydrogens is 402 g/mol. The number of hydrogen-bond donors (Lipinski definition) is 3. The molecule has 6 atom stereocenters. The number of carbonyl (C=O) groups excluding carboxylic acids is 3. The molecule has 3 rings (SSSR count). The van der Waals surface area contributed by atoms with Gasteiger partial charge in [0.25, 0.3) is 0 Å². The summed E-state index contributed by atoms with van der Waals surface area (Å²) < 4.78 is -0.958. The summed E-state index contributed by atoms with van der Waals surface area (Å²) >= 11 is 1.67. The van der Waals surface area contributed by atoms with Crippen molar-refractivity contribution >= 4 is 29.5 Å². The molecular formula is C22H37N3O4S. The minimum absolute atomic E-state index is 0.000747. The van der Waals surface area contributed by atoms with E-state index in [-0.39, 0.29) is 35.0 Å². The van der Waals surface area contributed by atoms with Crippen LogP contribution >= 0.6 is 11.8 Å². The van der Waals surface area contributed by atoms with Crippen molar-refractivity contribution in [1.82, 2.24) is 15.5 Å². The SMILES string of the molecule is CCCCCNC(=O)C1N([C@@H](CO)C(C)C)C(=O)[C@@H]2[C@@H](C(=O)NC)[C@@]3(C)CCC12S3. The van der Waals surface area contributed by atoms with E-state index in [0.717, 1.165) is 32.1 Å². The number of carbonyl (C=O) groups is 3. The summed E-state index contributed by atoms with van der Waals surface area (Å²) in [5, 5.41) is 15.9. The lowest BCUT2D eigenvalue weighted by Crippen LogP contribution is -2.57. The number of aliphatic hydroxyl groups excluding tert-OH is 1. The number of nitrogens with zero attached hydrogens (tertiary/aromatic N) is 1. The molecule has 8 heteroatoms. The van der Waals surface area contributed by atoms with Crippen LogP contribution < -0.4 is 10.6 Å². The smallest absolute Gasteiger partial charge is 0.244 e. The number of aliphatic hydroxyl groups is 1. The maximum Gasteiger partial charge on any atom is 0.244 e. The molecule has 3 amide bonds. The van der Waals surface area contributed by atoms with Gasteiger partial charge in [-0.1, -0.05) is 33.6 Å². The Hall–Kier alpha value is -1.28. The Balaban J connectivity index is 2.01. The van der Waals surface area contributed by atoms with E-state index in [9.17, 15) is 19.5 Å². The van der Waals surface area contributed by atoms with E-state index in [1.54, 1.807) is 23.7 Å². The molecule has 7 nitrogen and oxygen atoms in total. The molecule has 1 spiro atoms. The first-order chi connectivity index (χ1) is 14.2. The van der Waals surface area contributed by atoms with Gasteiger partial charge in [0.05, 0.1) is 29.2 Å². The number of likely N-dealkylation sites (tertiary alicyclic amines) is 1. The molecule has 0 aliphatic carbocycles. The summed E-state index contributed by atoms with van der Waals surface area (Å²) in [6.45, 7) is 8.47. The lowest BCUT2D eigenvalue weighted by Gasteiger charge is -2.38. The summed E-state index contributed by atoms with van der Waals surface area (Å²) in [5.74, 6) is -1.41. The Bertz CT molecular complexity index is 702. The number of hydrogen-bond acceptors (Lipinski definition) is 5. The second-order valence-electron chi connectivity index (χ2n) is 9.58. The molecule has 3 fully saturated rings. The van der Waals surface area contributed by atoms with E-state index in [0.29, 0.717) is 6.54 Å². The predicted molar refractivity (Wildman–Crippen MR) is 118 cm³/mol. The van der Waals surface area contributed by atoms with E-state index in [4.69, 9.17) is 0 Å². The first-order valence-electron chi connectivity index (χ1n) is 11.3. The number of amides is 3. The number of fused-ring (bicyclic) bond motifs is 1. The average Bonchev–Trinajstić information content (AvgIpc) is 3.26. The van der Waals surface area contributed by atoms with Crippen LogP contribution in [-0.4, -0.2) is 69.5 Å². The maximum atomic E-state index is 13.8. The van der Waals surface area contributed by atoms with E-state index in [1.807, 2.05) is 13.8 Å². The zero-order chi connectivity index (χ0) is 22.3. The third kappa shape index (κ3) is 3.44. The molecule has 2 bridgehead atoms. The highest BCUT2D eigenvalue weighted by Gasteiger charge is 2.77. The monoisotopic (exact) mass is 439 g/mol. The normalized spacial score (nSPS) is 35.6. The molecule has 30 heavy (non-hydrogen) atoms. The molecule has 3 N–H and O–H groups in total. The van der Waals surface area contributed by atoms with Gasteiger partial charge < -0.3 is 20.6 Å². The topological polar surface area (TPSA) is 98.7 Å². The summed E-state index contributed by atoms with van der Waals surface area (Å²) in [6.07, 6.45) is 4.55. The van der Waals surface area contributed by atoms with Crippen LogP contribution in [0.4, 0.5) is 0 Å². The molecule has 2 unspecified atom stereocenters. The van der Waals surface area contributed by atoms with E-state index in [1.165, 1.54) is 0 Å². The molecule has 0 aromatic heterocycles. The van der Waals surface area contributed by atoms with Gasteiger partial charge in [-0.2, -0.15) is 0 Å². The second kappa shape index (κ2) is 8.69. The van der Waals surface area contributed by atoms with Crippen LogP contribution in [0.5, 0.6) is 0 Å². The first-order valence-corrected chi connectivity index (χ1v) is 12.1. The highest BCUT2D eigenvalue weighted by molar-refractivity contribution is 8.02. The van der Waals surface area contributed by atoms with Crippen LogP contribution in [0.15, 0.2) is 0 Å². The summed E-state index contributed by atoms with van der Waals surface area (Å²) in [6, 6.07) is -1.10. The Kier molecular flexibility index (Phi) is 6.77. The lowest BCUT2D eigenvalue weighted by molar-refractivity contribution is -0.144. The van der Waals surface area contributed by atoms with Gasteiger partial charge in [-0.05, 0) is 32.1 Å². The minimum atomic E-state index is -0.655. The Morgan fingerprint density at radius 2 is 1.97 bits per heavy atom. The van der Waals surface area contributed by atoms with E-state index in [2.05, 4.69) is 24.5 Å². The van der Waals surface area contributed by atoms with Crippen LogP contribution in [0.3, 0.4) is 0 Å². The largest absolute Gasteiger partial charge is 0.394 e. The van der Waals surface area contributed by atoms with Gasteiger partial charge in [0, 0.05) is 18.3 Å². The minimum Gasteiger partial charge on any atom is -0.394 e. The highest BCUT2D eigenvalue weighted by Crippen LogP contribution is 2.71. The van der Waals surface area contributed by atoms with Crippen molar-refractivity contribution in [3.05, 3.63) is 0 Å². The first kappa shape index (κ1) is 23.4. The van der Waals surface area contributed by atoms with Crippen LogP contribution in [0.1, 0.15) is 59.8 Å². The predicted octanol–water partition coefficient (Wildman–Crippen LogP) is 1.54. The van der Waals surface area contributed by atoms with Crippen LogP contribution in [-0.2, 0) is 14.4 Å². The fourth-order valence-corrected chi connectivity index (χ4v) is 8.22. The highest BCUT2D eigenvalue weighted by atomic mass is 32.2. The second-order valence-corrected chi connectivity index (χ2v) is 11.5. The molecule has 3 aliphatic rings. The number of unbranched alkanes of at least 4 members (excludes halogenated alkanes) is 2. The van der Waals surface area contributed by atoms with Gasteiger partial charge >= 0.3 is 0 Å². The fourth-order valence-electron chi connectivity index (χ4n) is 5.88. The van der Waals surface area contributed by atoms with Crippen molar-refractivity contribution in [2.45, 2.75) is 81.4 Å².